The molecule has 148 valence electrons. The van der Waals surface area contributed by atoms with Gasteiger partial charge in [-0.2, -0.15) is 0 Å². The molecular weight excluding hydrogens is 407 g/mol. The van der Waals surface area contributed by atoms with Gasteiger partial charge in [-0.25, -0.2) is 8.42 Å². The second-order valence-corrected chi connectivity index (χ2v) is 8.86. The smallest absolute Gasteiger partial charge is 0.220 e. The molecule has 0 aliphatic carbocycles. The lowest BCUT2D eigenvalue weighted by Crippen LogP contribution is -2.30. The maximum absolute atomic E-state index is 12.3. The van der Waals surface area contributed by atoms with Crippen LogP contribution >= 0.6 is 24.0 Å². The molecule has 27 heavy (non-hydrogen) atoms. The molecule has 0 spiro atoms. The molecule has 5 nitrogen and oxygen atoms in total. The number of benzene rings is 2. The number of hydrogen-bond acceptors (Lipinski definition) is 4. The van der Waals surface area contributed by atoms with E-state index in [0.717, 1.165) is 11.8 Å². The lowest BCUT2D eigenvalue weighted by atomic mass is 9.98. The minimum atomic E-state index is -3.35. The average Bonchev–Trinajstić information content (AvgIpc) is 2.58. The maximum Gasteiger partial charge on any atom is 0.220 e. The highest BCUT2D eigenvalue weighted by Gasteiger charge is 2.19. The van der Waals surface area contributed by atoms with E-state index in [1.165, 1.54) is 6.07 Å². The van der Waals surface area contributed by atoms with Gasteiger partial charge in [-0.05, 0) is 48.7 Å². The predicted octanol–water partition coefficient (Wildman–Crippen LogP) is 3.50. The fourth-order valence-corrected chi connectivity index (χ4v) is 3.33. The normalized spacial score (nSPS) is 13.3. The highest BCUT2D eigenvalue weighted by molar-refractivity contribution is 7.90. The van der Waals surface area contributed by atoms with Crippen LogP contribution in [0.15, 0.2) is 53.4 Å². The molecule has 3 N–H and O–H groups in total. The fraction of sp³-hybridized carbons (Fsp3) is 0.316. The summed E-state index contributed by atoms with van der Waals surface area (Å²) in [5, 5.41) is 3.55. The summed E-state index contributed by atoms with van der Waals surface area (Å²) in [5.41, 5.74) is 7.22. The molecule has 2 atom stereocenters. The van der Waals surface area contributed by atoms with Crippen LogP contribution in [0.4, 0.5) is 0 Å². The van der Waals surface area contributed by atoms with Gasteiger partial charge in [0.2, 0.25) is 5.91 Å². The van der Waals surface area contributed by atoms with E-state index in [9.17, 15) is 13.2 Å². The van der Waals surface area contributed by atoms with Crippen molar-refractivity contribution in [1.82, 2.24) is 5.32 Å². The third-order valence-corrected chi connectivity index (χ3v) is 5.32. The topological polar surface area (TPSA) is 89.3 Å². The number of nitrogens with two attached hydrogens (primary N) is 1. The van der Waals surface area contributed by atoms with E-state index in [2.05, 4.69) is 5.32 Å². The minimum Gasteiger partial charge on any atom is -0.345 e. The molecule has 0 aliphatic rings. The maximum atomic E-state index is 12.3. The van der Waals surface area contributed by atoms with E-state index >= 15 is 0 Å². The first-order chi connectivity index (χ1) is 12.2. The third-order valence-electron chi connectivity index (χ3n) is 3.95. The molecule has 0 aromatic heterocycles. The van der Waals surface area contributed by atoms with Gasteiger partial charge in [-0.3, -0.25) is 4.79 Å². The van der Waals surface area contributed by atoms with Gasteiger partial charge in [0.25, 0.3) is 0 Å². The molecule has 2 aromatic rings. The van der Waals surface area contributed by atoms with Crippen molar-refractivity contribution >= 4 is 39.8 Å². The van der Waals surface area contributed by atoms with Crippen LogP contribution in [0.1, 0.15) is 36.9 Å². The quantitative estimate of drug-likeness (QED) is 0.702. The number of amides is 1. The van der Waals surface area contributed by atoms with Crippen molar-refractivity contribution in [3.63, 3.8) is 0 Å². The van der Waals surface area contributed by atoms with Crippen LogP contribution in [0.25, 0.3) is 0 Å². The Morgan fingerprint density at radius 1 is 1.15 bits per heavy atom. The molecule has 0 aliphatic heterocycles. The van der Waals surface area contributed by atoms with E-state index in [1.807, 2.05) is 19.1 Å². The zero-order chi connectivity index (χ0) is 19.3. The molecule has 0 fully saturated rings. The van der Waals surface area contributed by atoms with Crippen molar-refractivity contribution < 1.29 is 13.2 Å². The number of hydrogen-bond donors (Lipinski definition) is 2. The Bertz CT molecular complexity index is 869. The van der Waals surface area contributed by atoms with Crippen molar-refractivity contribution in [2.24, 2.45) is 5.73 Å². The van der Waals surface area contributed by atoms with Crippen molar-refractivity contribution in [2.45, 2.75) is 36.7 Å². The lowest BCUT2D eigenvalue weighted by molar-refractivity contribution is -0.121. The van der Waals surface area contributed by atoms with Gasteiger partial charge < -0.3 is 11.1 Å². The molecule has 1 amide bonds. The van der Waals surface area contributed by atoms with Gasteiger partial charge in [0.15, 0.2) is 9.84 Å². The Balaban J connectivity index is 0.00000364. The van der Waals surface area contributed by atoms with Crippen molar-refractivity contribution in [1.29, 1.82) is 0 Å². The second kappa shape index (κ2) is 10.1. The van der Waals surface area contributed by atoms with Crippen LogP contribution in [0.2, 0.25) is 5.02 Å². The monoisotopic (exact) mass is 430 g/mol. The number of carbonyl (C=O) groups is 1. The van der Waals surface area contributed by atoms with Crippen LogP contribution < -0.4 is 11.1 Å². The predicted molar refractivity (Wildman–Crippen MR) is 111 cm³/mol. The molecule has 8 heteroatoms. The lowest BCUT2D eigenvalue weighted by Gasteiger charge is -2.21. The summed E-state index contributed by atoms with van der Waals surface area (Å²) < 4.78 is 23.7. The van der Waals surface area contributed by atoms with Gasteiger partial charge in [0.05, 0.1) is 10.9 Å². The van der Waals surface area contributed by atoms with E-state index in [1.54, 1.807) is 30.3 Å². The zero-order valence-electron chi connectivity index (χ0n) is 15.2. The van der Waals surface area contributed by atoms with E-state index < -0.39 is 15.9 Å². The second-order valence-electron chi connectivity index (χ2n) is 6.41. The van der Waals surface area contributed by atoms with E-state index in [0.29, 0.717) is 23.4 Å². The average molecular weight is 431 g/mol. The largest absolute Gasteiger partial charge is 0.345 e. The van der Waals surface area contributed by atoms with Crippen molar-refractivity contribution in [3.8, 4) is 0 Å². The Kier molecular flexibility index (Phi) is 8.75. The first-order valence-electron chi connectivity index (χ1n) is 8.27. The van der Waals surface area contributed by atoms with E-state index in [4.69, 9.17) is 17.3 Å². The Morgan fingerprint density at radius 3 is 2.33 bits per heavy atom. The summed E-state index contributed by atoms with van der Waals surface area (Å²) >= 11 is 5.96. The van der Waals surface area contributed by atoms with Gasteiger partial charge in [0, 0.05) is 23.7 Å². The molecule has 0 bridgehead atoms. The van der Waals surface area contributed by atoms with Crippen LogP contribution in [-0.4, -0.2) is 26.6 Å². The molecule has 0 radical (unpaired) electrons. The highest BCUT2D eigenvalue weighted by atomic mass is 35.5. The van der Waals surface area contributed by atoms with E-state index in [-0.39, 0.29) is 29.3 Å². The Labute approximate surface area is 171 Å². The Morgan fingerprint density at radius 2 is 1.78 bits per heavy atom. The SMILES string of the molecule is CC(N)CCC(=O)NC(c1ccc(Cl)cc1)c1cccc(S(C)(=O)=O)c1.Cl. The standard InChI is InChI=1S/C19H23ClN2O3S.ClH/c1-13(21)6-11-18(23)22-19(14-7-9-16(20)10-8-14)15-4-3-5-17(12-15)26(2,24)25;/h3-5,7-10,12-13,19H,6,11,21H2,1-2H3,(H,22,23);1H. The number of rotatable bonds is 7. The minimum absolute atomic E-state index is 0. The molecule has 2 rings (SSSR count). The van der Waals surface area contributed by atoms with Crippen molar-refractivity contribution in [3.05, 3.63) is 64.7 Å². The van der Waals surface area contributed by atoms with Crippen LogP contribution in [0, 0.1) is 0 Å². The summed E-state index contributed by atoms with van der Waals surface area (Å²) in [4.78, 5) is 12.5. The number of sulfone groups is 1. The summed E-state index contributed by atoms with van der Waals surface area (Å²) in [7, 11) is -3.35. The molecule has 0 saturated carbocycles. The van der Waals surface area contributed by atoms with Gasteiger partial charge in [0.1, 0.15) is 0 Å². The van der Waals surface area contributed by atoms with Gasteiger partial charge in [-0.15, -0.1) is 12.4 Å². The first kappa shape index (κ1) is 23.4. The highest BCUT2D eigenvalue weighted by Crippen LogP contribution is 2.26. The van der Waals surface area contributed by atoms with Crippen LogP contribution in [-0.2, 0) is 14.6 Å². The summed E-state index contributed by atoms with van der Waals surface area (Å²) in [6.07, 6.45) is 2.03. The molecular formula is C19H24Cl2N2O3S. The number of halogens is 2. The molecule has 0 saturated heterocycles. The Hall–Kier alpha value is -1.60. The zero-order valence-corrected chi connectivity index (χ0v) is 17.6. The fourth-order valence-electron chi connectivity index (χ4n) is 2.53. The number of carbonyl (C=O) groups excluding carboxylic acids is 1. The van der Waals surface area contributed by atoms with Crippen LogP contribution in [0.3, 0.4) is 0 Å². The third kappa shape index (κ3) is 7.14. The van der Waals surface area contributed by atoms with Crippen molar-refractivity contribution in [2.75, 3.05) is 6.26 Å². The number of nitrogens with one attached hydrogen (secondary N) is 1. The molecule has 0 heterocycles. The summed E-state index contributed by atoms with van der Waals surface area (Å²) in [5.74, 6) is -0.146. The first-order valence-corrected chi connectivity index (χ1v) is 10.5. The molecule has 2 aromatic carbocycles. The van der Waals surface area contributed by atoms with Gasteiger partial charge in [-0.1, -0.05) is 35.9 Å². The van der Waals surface area contributed by atoms with Crippen LogP contribution in [0.5, 0.6) is 0 Å². The summed E-state index contributed by atoms with van der Waals surface area (Å²) in [6.45, 7) is 1.85. The van der Waals surface area contributed by atoms with Gasteiger partial charge >= 0.3 is 0 Å². The summed E-state index contributed by atoms with van der Waals surface area (Å²) in [6, 6.07) is 13.1. The molecule has 2 unspecified atom stereocenters.